The lowest BCUT2D eigenvalue weighted by atomic mass is 9.98. The van der Waals surface area contributed by atoms with Crippen LogP contribution in [0.25, 0.3) is 11.1 Å². The monoisotopic (exact) mass is 427 g/mol. The molecule has 2 aromatic rings. The van der Waals surface area contributed by atoms with Crippen molar-refractivity contribution in [3.63, 3.8) is 0 Å². The van der Waals surface area contributed by atoms with Crippen molar-refractivity contribution in [1.82, 2.24) is 5.32 Å². The van der Waals surface area contributed by atoms with Crippen molar-refractivity contribution in [3.8, 4) is 11.1 Å². The summed E-state index contributed by atoms with van der Waals surface area (Å²) in [5.41, 5.74) is 4.89. The van der Waals surface area contributed by atoms with Crippen LogP contribution in [-0.2, 0) is 14.3 Å². The van der Waals surface area contributed by atoms with Crippen LogP contribution >= 0.6 is 11.8 Å². The fourth-order valence-electron chi connectivity index (χ4n) is 3.73. The second-order valence-corrected chi connectivity index (χ2v) is 8.48. The predicted octanol–water partition coefficient (Wildman–Crippen LogP) is 4.99. The molecule has 0 aromatic heterocycles. The molecule has 0 heterocycles. The van der Waals surface area contributed by atoms with Crippen molar-refractivity contribution in [2.75, 3.05) is 31.8 Å². The molecular weight excluding hydrogens is 398 g/mol. The van der Waals surface area contributed by atoms with Gasteiger partial charge in [0.15, 0.2) is 0 Å². The summed E-state index contributed by atoms with van der Waals surface area (Å²) in [6.45, 7) is 0.927. The van der Waals surface area contributed by atoms with Gasteiger partial charge in [0, 0.05) is 24.6 Å². The van der Waals surface area contributed by atoms with Crippen LogP contribution in [0.4, 0.5) is 4.79 Å². The van der Waals surface area contributed by atoms with Gasteiger partial charge in [0.25, 0.3) is 0 Å². The summed E-state index contributed by atoms with van der Waals surface area (Å²) >= 11 is 1.80. The number of alkyl carbamates (subject to hydrolysis) is 1. The number of fused-ring (bicyclic) bond motifs is 3. The van der Waals surface area contributed by atoms with Crippen molar-refractivity contribution >= 4 is 23.8 Å². The van der Waals surface area contributed by atoms with Gasteiger partial charge in [0.1, 0.15) is 6.61 Å². The second-order valence-electron chi connectivity index (χ2n) is 7.25. The Morgan fingerprint density at radius 3 is 2.27 bits per heavy atom. The molecule has 30 heavy (non-hydrogen) atoms. The van der Waals surface area contributed by atoms with Gasteiger partial charge in [-0.15, -0.1) is 0 Å². The average molecular weight is 428 g/mol. The summed E-state index contributed by atoms with van der Waals surface area (Å²) in [6.07, 6.45) is 3.07. The largest absolute Gasteiger partial charge is 0.469 e. The van der Waals surface area contributed by atoms with Gasteiger partial charge in [-0.05, 0) is 40.8 Å². The molecular formula is C24H29NO4S. The lowest BCUT2D eigenvalue weighted by molar-refractivity contribution is -0.140. The van der Waals surface area contributed by atoms with Gasteiger partial charge in [-0.25, -0.2) is 4.79 Å². The number of rotatable bonds is 11. The highest BCUT2D eigenvalue weighted by atomic mass is 32.2. The van der Waals surface area contributed by atoms with Crippen LogP contribution in [0.15, 0.2) is 48.5 Å². The summed E-state index contributed by atoms with van der Waals surface area (Å²) in [7, 11) is 1.42. The first kappa shape index (κ1) is 22.2. The maximum absolute atomic E-state index is 12.1. The third-order valence-corrected chi connectivity index (χ3v) is 6.33. The van der Waals surface area contributed by atoms with Gasteiger partial charge in [0.05, 0.1) is 7.11 Å². The Labute approximate surface area is 182 Å². The van der Waals surface area contributed by atoms with E-state index in [1.165, 1.54) is 29.4 Å². The first-order valence-corrected chi connectivity index (χ1v) is 11.6. The number of benzene rings is 2. The van der Waals surface area contributed by atoms with Crippen molar-refractivity contribution in [2.24, 2.45) is 0 Å². The van der Waals surface area contributed by atoms with E-state index >= 15 is 0 Å². The zero-order valence-corrected chi connectivity index (χ0v) is 18.2. The fourth-order valence-corrected chi connectivity index (χ4v) is 4.59. The average Bonchev–Trinajstić information content (AvgIpc) is 3.10. The molecule has 1 amide bonds. The number of thioether (sulfide) groups is 1. The van der Waals surface area contributed by atoms with Crippen LogP contribution in [0, 0.1) is 0 Å². The second kappa shape index (κ2) is 11.6. The molecule has 0 saturated heterocycles. The standard InChI is InChI=1S/C24H29NO4S/c1-28-23(26)13-3-2-8-15-30-16-14-25-24(27)29-17-22-20-11-6-4-9-18(20)19-10-5-7-12-21(19)22/h4-7,9-12,22H,2-3,8,13-17H2,1H3,(H,25,27). The molecule has 160 valence electrons. The number of ether oxygens (including phenoxy) is 2. The lowest BCUT2D eigenvalue weighted by Crippen LogP contribution is -2.28. The zero-order valence-electron chi connectivity index (χ0n) is 17.4. The summed E-state index contributed by atoms with van der Waals surface area (Å²) in [5, 5.41) is 2.84. The lowest BCUT2D eigenvalue weighted by Gasteiger charge is -2.14. The molecule has 5 nitrogen and oxygen atoms in total. The van der Waals surface area contributed by atoms with Crippen molar-refractivity contribution in [1.29, 1.82) is 0 Å². The van der Waals surface area contributed by atoms with Crippen LogP contribution in [-0.4, -0.2) is 43.8 Å². The number of hydrogen-bond acceptors (Lipinski definition) is 5. The number of carbonyl (C=O) groups is 2. The van der Waals surface area contributed by atoms with E-state index < -0.39 is 0 Å². The number of nitrogens with one attached hydrogen (secondary N) is 1. The number of methoxy groups -OCH3 is 1. The molecule has 0 spiro atoms. The third-order valence-electron chi connectivity index (χ3n) is 5.26. The van der Waals surface area contributed by atoms with E-state index in [2.05, 4.69) is 34.3 Å². The minimum atomic E-state index is -0.365. The smallest absolute Gasteiger partial charge is 0.407 e. The molecule has 0 bridgehead atoms. The van der Waals surface area contributed by atoms with Crippen molar-refractivity contribution in [3.05, 3.63) is 59.7 Å². The normalized spacial score (nSPS) is 12.2. The molecule has 6 heteroatoms. The number of carbonyl (C=O) groups excluding carboxylic acids is 2. The Bertz CT molecular complexity index is 809. The highest BCUT2D eigenvalue weighted by molar-refractivity contribution is 7.99. The first-order chi connectivity index (χ1) is 14.7. The van der Waals surface area contributed by atoms with Gasteiger partial charge in [-0.1, -0.05) is 55.0 Å². The summed E-state index contributed by atoms with van der Waals surface area (Å²) in [6, 6.07) is 16.6. The highest BCUT2D eigenvalue weighted by Gasteiger charge is 2.28. The molecule has 2 aromatic carbocycles. The predicted molar refractivity (Wildman–Crippen MR) is 121 cm³/mol. The van der Waals surface area contributed by atoms with Gasteiger partial charge in [-0.3, -0.25) is 4.79 Å². The maximum Gasteiger partial charge on any atom is 0.407 e. The van der Waals surface area contributed by atoms with Crippen LogP contribution in [0.2, 0.25) is 0 Å². The van der Waals surface area contributed by atoms with E-state index in [1.807, 2.05) is 24.3 Å². The highest BCUT2D eigenvalue weighted by Crippen LogP contribution is 2.44. The summed E-state index contributed by atoms with van der Waals surface area (Å²) in [4.78, 5) is 23.1. The van der Waals surface area contributed by atoms with Crippen LogP contribution in [0.5, 0.6) is 0 Å². The van der Waals surface area contributed by atoms with E-state index in [1.54, 1.807) is 11.8 Å². The zero-order chi connectivity index (χ0) is 21.2. The molecule has 0 aliphatic heterocycles. The van der Waals surface area contributed by atoms with E-state index in [0.717, 1.165) is 30.8 Å². The van der Waals surface area contributed by atoms with E-state index in [4.69, 9.17) is 4.74 Å². The molecule has 3 rings (SSSR count). The van der Waals surface area contributed by atoms with Gasteiger partial charge in [0.2, 0.25) is 0 Å². The molecule has 0 atom stereocenters. The van der Waals surface area contributed by atoms with Crippen molar-refractivity contribution < 1.29 is 19.1 Å². The molecule has 1 N–H and O–H groups in total. The van der Waals surface area contributed by atoms with E-state index in [-0.39, 0.29) is 18.0 Å². The maximum atomic E-state index is 12.1. The SMILES string of the molecule is COC(=O)CCCCCSCCNC(=O)OCC1c2ccccc2-c2ccccc21. The van der Waals surface area contributed by atoms with Gasteiger partial charge >= 0.3 is 12.1 Å². The minimum Gasteiger partial charge on any atom is -0.469 e. The Kier molecular flexibility index (Phi) is 8.63. The number of esters is 1. The van der Waals surface area contributed by atoms with E-state index in [9.17, 15) is 9.59 Å². The fraction of sp³-hybridized carbons (Fsp3) is 0.417. The number of amides is 1. The molecule has 1 aliphatic rings. The topological polar surface area (TPSA) is 64.6 Å². The van der Waals surface area contributed by atoms with Crippen LogP contribution < -0.4 is 5.32 Å². The first-order valence-electron chi connectivity index (χ1n) is 10.4. The Balaban J connectivity index is 1.32. The molecule has 1 aliphatic carbocycles. The Hall–Kier alpha value is -2.47. The van der Waals surface area contributed by atoms with Crippen molar-refractivity contribution in [2.45, 2.75) is 31.6 Å². The van der Waals surface area contributed by atoms with Crippen LogP contribution in [0.1, 0.15) is 42.7 Å². The Morgan fingerprint density at radius 2 is 1.60 bits per heavy atom. The third kappa shape index (κ3) is 6.02. The Morgan fingerprint density at radius 1 is 0.933 bits per heavy atom. The van der Waals surface area contributed by atoms with Gasteiger partial charge in [-0.2, -0.15) is 11.8 Å². The molecule has 0 saturated carbocycles. The number of unbranched alkanes of at least 4 members (excludes halogenated alkanes) is 2. The molecule has 0 unspecified atom stereocenters. The minimum absolute atomic E-state index is 0.0857. The van der Waals surface area contributed by atoms with Crippen LogP contribution in [0.3, 0.4) is 0 Å². The quantitative estimate of drug-likeness (QED) is 0.404. The molecule has 0 radical (unpaired) electrons. The summed E-state index contributed by atoms with van der Waals surface area (Å²) in [5.74, 6) is 1.81. The molecule has 0 fully saturated rings. The number of hydrogen-bond donors (Lipinski definition) is 1. The van der Waals surface area contributed by atoms with E-state index in [0.29, 0.717) is 19.6 Å². The summed E-state index contributed by atoms with van der Waals surface area (Å²) < 4.78 is 10.2. The van der Waals surface area contributed by atoms with Gasteiger partial charge < -0.3 is 14.8 Å².